The molecule has 1 fully saturated rings. The van der Waals surface area contributed by atoms with Crippen molar-refractivity contribution < 1.29 is 4.79 Å². The number of hydrogen-bond acceptors (Lipinski definition) is 4. The van der Waals surface area contributed by atoms with Gasteiger partial charge in [-0.25, -0.2) is 0 Å². The van der Waals surface area contributed by atoms with Crippen LogP contribution in [-0.2, 0) is 23.3 Å². The maximum absolute atomic E-state index is 13.0. The Hall–Kier alpha value is -2.21. The van der Waals surface area contributed by atoms with Gasteiger partial charge in [-0.3, -0.25) is 4.79 Å². The number of piperidine rings is 1. The van der Waals surface area contributed by atoms with Gasteiger partial charge in [0.25, 0.3) is 0 Å². The van der Waals surface area contributed by atoms with E-state index in [4.69, 9.17) is 0 Å². The van der Waals surface area contributed by atoms with E-state index < -0.39 is 0 Å². The van der Waals surface area contributed by atoms with Crippen LogP contribution in [0.3, 0.4) is 0 Å². The zero-order chi connectivity index (χ0) is 19.7. The summed E-state index contributed by atoms with van der Waals surface area (Å²) in [5, 5.41) is 12.2. The van der Waals surface area contributed by atoms with Crippen LogP contribution in [0.25, 0.3) is 0 Å². The molecule has 6 heteroatoms. The summed E-state index contributed by atoms with van der Waals surface area (Å²) in [4.78, 5) is 15.0. The largest absolute Gasteiger partial charge is 0.343 e. The molecule has 3 heterocycles. The zero-order valence-corrected chi connectivity index (χ0v) is 17.2. The van der Waals surface area contributed by atoms with Crippen molar-refractivity contribution in [3.8, 4) is 0 Å². The molecule has 1 amide bonds. The molecule has 0 bridgehead atoms. The second-order valence-electron chi connectivity index (χ2n) is 8.88. The first-order valence-corrected chi connectivity index (χ1v) is 10.4. The molecule has 0 unspecified atom stereocenters. The number of aromatic nitrogens is 3. The van der Waals surface area contributed by atoms with Gasteiger partial charge in [0.2, 0.25) is 5.91 Å². The van der Waals surface area contributed by atoms with Crippen LogP contribution in [0.2, 0.25) is 0 Å². The summed E-state index contributed by atoms with van der Waals surface area (Å²) >= 11 is 0. The fourth-order valence-electron chi connectivity index (χ4n) is 4.40. The van der Waals surface area contributed by atoms with Crippen LogP contribution in [0.1, 0.15) is 61.8 Å². The molecule has 28 heavy (non-hydrogen) atoms. The lowest BCUT2D eigenvalue weighted by atomic mass is 9.80. The average molecular weight is 382 g/mol. The highest BCUT2D eigenvalue weighted by Crippen LogP contribution is 2.31. The fourth-order valence-corrected chi connectivity index (χ4v) is 4.40. The van der Waals surface area contributed by atoms with Crippen LogP contribution in [0.5, 0.6) is 0 Å². The summed E-state index contributed by atoms with van der Waals surface area (Å²) in [7, 11) is 0. The minimum absolute atomic E-state index is 0.152. The number of fused-ring (bicyclic) bond motifs is 1. The lowest BCUT2D eigenvalue weighted by Crippen LogP contribution is -2.41. The first kappa shape index (κ1) is 19.1. The smallest absolute Gasteiger partial charge is 0.223 e. The molecule has 2 aliphatic heterocycles. The second-order valence-corrected chi connectivity index (χ2v) is 8.88. The molecular weight excluding hydrogens is 350 g/mol. The van der Waals surface area contributed by atoms with E-state index in [0.717, 1.165) is 57.2 Å². The van der Waals surface area contributed by atoms with Gasteiger partial charge in [-0.15, -0.1) is 10.2 Å². The van der Waals surface area contributed by atoms with Gasteiger partial charge in [0, 0.05) is 38.5 Å². The van der Waals surface area contributed by atoms with E-state index in [1.807, 2.05) is 4.90 Å². The SMILES string of the molecule is Cc1ccc(C(C)(C)CC(=O)N2CCC(c3nnc4n3CCNC4)CC2)cc1. The summed E-state index contributed by atoms with van der Waals surface area (Å²) in [5.74, 6) is 2.83. The molecule has 6 nitrogen and oxygen atoms in total. The number of rotatable bonds is 4. The Bertz CT molecular complexity index is 831. The Labute approximate surface area is 167 Å². The highest BCUT2D eigenvalue weighted by molar-refractivity contribution is 5.78. The average Bonchev–Trinajstić information content (AvgIpc) is 3.12. The van der Waals surface area contributed by atoms with Crippen molar-refractivity contribution in [2.24, 2.45) is 0 Å². The first-order chi connectivity index (χ1) is 13.4. The van der Waals surface area contributed by atoms with E-state index in [0.29, 0.717) is 12.3 Å². The molecule has 0 spiro atoms. The lowest BCUT2D eigenvalue weighted by molar-refractivity contribution is -0.133. The zero-order valence-electron chi connectivity index (χ0n) is 17.2. The van der Waals surface area contributed by atoms with Gasteiger partial charge in [0.15, 0.2) is 0 Å². The third-order valence-corrected chi connectivity index (χ3v) is 6.29. The van der Waals surface area contributed by atoms with E-state index in [1.54, 1.807) is 0 Å². The molecule has 1 saturated heterocycles. The molecule has 0 saturated carbocycles. The Morgan fingerprint density at radius 1 is 1.14 bits per heavy atom. The van der Waals surface area contributed by atoms with Crippen LogP contribution >= 0.6 is 0 Å². The van der Waals surface area contributed by atoms with Crippen molar-refractivity contribution in [1.29, 1.82) is 0 Å². The summed E-state index contributed by atoms with van der Waals surface area (Å²) in [6, 6.07) is 8.56. The quantitative estimate of drug-likeness (QED) is 0.885. The predicted molar refractivity (Wildman–Crippen MR) is 109 cm³/mol. The van der Waals surface area contributed by atoms with Crippen molar-refractivity contribution in [2.45, 2.75) is 64.5 Å². The van der Waals surface area contributed by atoms with Gasteiger partial charge < -0.3 is 14.8 Å². The summed E-state index contributed by atoms with van der Waals surface area (Å²) < 4.78 is 2.28. The highest BCUT2D eigenvalue weighted by atomic mass is 16.2. The topological polar surface area (TPSA) is 63.1 Å². The van der Waals surface area contributed by atoms with Crippen molar-refractivity contribution in [1.82, 2.24) is 25.0 Å². The maximum atomic E-state index is 13.0. The normalized spacial score (nSPS) is 18.2. The molecule has 150 valence electrons. The predicted octanol–water partition coefficient (Wildman–Crippen LogP) is 2.76. The highest BCUT2D eigenvalue weighted by Gasteiger charge is 2.31. The number of carbonyl (C=O) groups excluding carboxylic acids is 1. The van der Waals surface area contributed by atoms with Crippen molar-refractivity contribution in [2.75, 3.05) is 19.6 Å². The number of aryl methyl sites for hydroxylation is 1. The Balaban J connectivity index is 1.36. The van der Waals surface area contributed by atoms with Crippen LogP contribution < -0.4 is 5.32 Å². The molecule has 1 aromatic carbocycles. The van der Waals surface area contributed by atoms with Gasteiger partial charge in [0.05, 0.1) is 6.54 Å². The first-order valence-electron chi connectivity index (χ1n) is 10.4. The molecule has 0 radical (unpaired) electrons. The third kappa shape index (κ3) is 3.83. The van der Waals surface area contributed by atoms with E-state index in [9.17, 15) is 4.79 Å². The minimum atomic E-state index is -0.152. The standard InChI is InChI=1S/C22H31N5O/c1-16-4-6-18(7-5-16)22(2,3)14-20(28)26-11-8-17(9-12-26)21-25-24-19-15-23-10-13-27(19)21/h4-7,17,23H,8-15H2,1-3H3. The summed E-state index contributed by atoms with van der Waals surface area (Å²) in [6.45, 7) is 10.8. The van der Waals surface area contributed by atoms with Gasteiger partial charge in [0.1, 0.15) is 11.6 Å². The van der Waals surface area contributed by atoms with Crippen molar-refractivity contribution in [3.63, 3.8) is 0 Å². The molecule has 4 rings (SSSR count). The van der Waals surface area contributed by atoms with Crippen LogP contribution in [0.4, 0.5) is 0 Å². The fraction of sp³-hybridized carbons (Fsp3) is 0.591. The van der Waals surface area contributed by atoms with E-state index in [1.165, 1.54) is 11.1 Å². The molecule has 2 aliphatic rings. The monoisotopic (exact) mass is 381 g/mol. The number of hydrogen-bond donors (Lipinski definition) is 1. The minimum Gasteiger partial charge on any atom is -0.343 e. The van der Waals surface area contributed by atoms with Gasteiger partial charge in [-0.05, 0) is 30.7 Å². The van der Waals surface area contributed by atoms with E-state index >= 15 is 0 Å². The van der Waals surface area contributed by atoms with Crippen LogP contribution in [-0.4, -0.2) is 45.2 Å². The number of nitrogens with one attached hydrogen (secondary N) is 1. The van der Waals surface area contributed by atoms with Gasteiger partial charge in [-0.1, -0.05) is 43.7 Å². The number of carbonyl (C=O) groups is 1. The Morgan fingerprint density at radius 3 is 2.57 bits per heavy atom. The number of nitrogens with zero attached hydrogens (tertiary/aromatic N) is 4. The molecule has 1 aromatic heterocycles. The van der Waals surface area contributed by atoms with Crippen molar-refractivity contribution >= 4 is 5.91 Å². The molecule has 1 N–H and O–H groups in total. The van der Waals surface area contributed by atoms with Gasteiger partial charge >= 0.3 is 0 Å². The molecule has 2 aromatic rings. The summed E-state index contributed by atoms with van der Waals surface area (Å²) in [5.41, 5.74) is 2.32. The van der Waals surface area contributed by atoms with Gasteiger partial charge in [-0.2, -0.15) is 0 Å². The second kappa shape index (κ2) is 7.66. The Kier molecular flexibility index (Phi) is 5.23. The molecular formula is C22H31N5O. The van der Waals surface area contributed by atoms with E-state index in [2.05, 4.69) is 65.1 Å². The van der Waals surface area contributed by atoms with Crippen LogP contribution in [0, 0.1) is 6.92 Å². The molecule has 0 aliphatic carbocycles. The summed E-state index contributed by atoms with van der Waals surface area (Å²) in [6.07, 6.45) is 2.50. The van der Waals surface area contributed by atoms with Crippen LogP contribution in [0.15, 0.2) is 24.3 Å². The van der Waals surface area contributed by atoms with E-state index in [-0.39, 0.29) is 11.3 Å². The number of benzene rings is 1. The van der Waals surface area contributed by atoms with Crippen molar-refractivity contribution in [3.05, 3.63) is 47.0 Å². The number of likely N-dealkylation sites (tertiary alicyclic amines) is 1. The maximum Gasteiger partial charge on any atom is 0.223 e. The Morgan fingerprint density at radius 2 is 1.86 bits per heavy atom. The number of amides is 1. The lowest BCUT2D eigenvalue weighted by Gasteiger charge is -2.34. The molecule has 0 atom stereocenters. The third-order valence-electron chi connectivity index (χ3n) is 6.29.